The van der Waals surface area contributed by atoms with Crippen molar-refractivity contribution in [2.75, 3.05) is 10.0 Å². The molecule has 0 spiro atoms. The number of hydrogen-bond donors (Lipinski definition) is 2. The van der Waals surface area contributed by atoms with Crippen molar-refractivity contribution in [3.63, 3.8) is 0 Å². The molecule has 0 radical (unpaired) electrons. The Labute approximate surface area is 223 Å². The smallest absolute Gasteiger partial charge is 0.262 e. The Bertz CT molecular complexity index is 1720. The molecule has 5 rings (SSSR count). The van der Waals surface area contributed by atoms with Crippen molar-refractivity contribution in [2.24, 2.45) is 0 Å². The molecule has 0 aliphatic carbocycles. The van der Waals surface area contributed by atoms with Gasteiger partial charge in [0.1, 0.15) is 12.1 Å². The fourth-order valence-corrected chi connectivity index (χ4v) is 5.34. The second-order valence-corrected chi connectivity index (χ2v) is 10.5. The molecule has 1 atom stereocenters. The third kappa shape index (κ3) is 4.52. The van der Waals surface area contributed by atoms with Gasteiger partial charge in [0.15, 0.2) is 5.37 Å². The van der Waals surface area contributed by atoms with Gasteiger partial charge in [0, 0.05) is 16.6 Å². The van der Waals surface area contributed by atoms with Gasteiger partial charge in [0.2, 0.25) is 0 Å². The fourth-order valence-electron chi connectivity index (χ4n) is 4.01. The van der Waals surface area contributed by atoms with Crippen LogP contribution in [0.3, 0.4) is 0 Å². The highest BCUT2D eigenvalue weighted by atomic mass is 35.5. The van der Waals surface area contributed by atoms with E-state index in [1.54, 1.807) is 42.5 Å². The summed E-state index contributed by atoms with van der Waals surface area (Å²) in [6.45, 7) is 1.28. The predicted octanol–water partition coefficient (Wildman–Crippen LogP) is 3.57. The van der Waals surface area contributed by atoms with Crippen LogP contribution in [0.4, 0.5) is 17.2 Å². The highest BCUT2D eigenvalue weighted by Crippen LogP contribution is 2.32. The molecule has 3 aromatic carbocycles. The molecule has 1 aliphatic rings. The number of anilines is 3. The van der Waals surface area contributed by atoms with Gasteiger partial charge in [0.25, 0.3) is 21.8 Å². The van der Waals surface area contributed by atoms with Crippen molar-refractivity contribution in [1.82, 2.24) is 14.9 Å². The monoisotopic (exact) mass is 549 g/mol. The number of fused-ring (bicyclic) bond motifs is 2. The second-order valence-electron chi connectivity index (χ2n) is 8.16. The molecule has 38 heavy (non-hydrogen) atoms. The summed E-state index contributed by atoms with van der Waals surface area (Å²) in [5, 5.41) is 2.48. The van der Waals surface area contributed by atoms with E-state index < -0.39 is 27.2 Å². The Morgan fingerprint density at radius 1 is 1.00 bits per heavy atom. The maximum Gasteiger partial charge on any atom is 0.262 e. The molecule has 4 N–H and O–H groups in total. The van der Waals surface area contributed by atoms with E-state index >= 15 is 0 Å². The van der Waals surface area contributed by atoms with Crippen molar-refractivity contribution in [1.29, 1.82) is 0 Å². The first-order valence-corrected chi connectivity index (χ1v) is 12.9. The second kappa shape index (κ2) is 10.1. The van der Waals surface area contributed by atoms with Crippen LogP contribution in [-0.4, -0.2) is 46.0 Å². The summed E-state index contributed by atoms with van der Waals surface area (Å²) in [5.74, 6) is 1.55. The van der Waals surface area contributed by atoms with E-state index in [4.69, 9.17) is 18.0 Å². The number of benzene rings is 3. The van der Waals surface area contributed by atoms with E-state index in [0.29, 0.717) is 33.0 Å². The Balaban J connectivity index is 0.00000336. The van der Waals surface area contributed by atoms with Crippen molar-refractivity contribution >= 4 is 61.5 Å². The number of carbonyl (C=O) groups excluding carboxylic acids is 2. The summed E-state index contributed by atoms with van der Waals surface area (Å²) in [6.07, 6.45) is 6.85. The third-order valence-corrected chi connectivity index (χ3v) is 7.98. The Hall–Kier alpha value is -4.50. The molecule has 1 unspecified atom stereocenters. The van der Waals surface area contributed by atoms with Crippen LogP contribution >= 0.6 is 11.6 Å². The Morgan fingerprint density at radius 2 is 1.68 bits per heavy atom. The lowest BCUT2D eigenvalue weighted by Gasteiger charge is -2.23. The summed E-state index contributed by atoms with van der Waals surface area (Å²) >= 11 is 6.38. The van der Waals surface area contributed by atoms with Crippen molar-refractivity contribution in [3.05, 3.63) is 88.7 Å². The van der Waals surface area contributed by atoms with Crippen LogP contribution in [0.2, 0.25) is 5.02 Å². The number of sulfonamides is 1. The first-order chi connectivity index (χ1) is 17.7. The number of rotatable bonds is 6. The number of terminal acetylenes is 1. The van der Waals surface area contributed by atoms with Crippen LogP contribution in [0.15, 0.2) is 67.0 Å². The number of nitrogens with zero attached hydrogens (tertiary/aromatic N) is 3. The topological polar surface area (TPSA) is 153 Å². The number of nitrogens with one attached hydrogen (secondary N) is 2. The molecule has 1 aliphatic heterocycles. The van der Waals surface area contributed by atoms with Crippen LogP contribution in [0.1, 0.15) is 33.2 Å². The van der Waals surface area contributed by atoms with Gasteiger partial charge in [-0.15, -0.1) is 6.42 Å². The molecule has 4 aromatic rings. The maximum atomic E-state index is 13.2. The van der Waals surface area contributed by atoms with E-state index in [1.165, 1.54) is 31.5 Å². The quantitative estimate of drug-likeness (QED) is 0.275. The van der Waals surface area contributed by atoms with E-state index in [-0.39, 0.29) is 22.3 Å². The lowest BCUT2D eigenvalue weighted by molar-refractivity contribution is 0.0640. The SMILES string of the molecule is C#Cc1cccc(Nc2ncnc3ccc(NS(=O)(=O)C(C)N4C(=O)c5ccccc5C4=O)cc23)c1Cl.O. The van der Waals surface area contributed by atoms with E-state index in [2.05, 4.69) is 25.9 Å². The average molecular weight is 550 g/mol. The minimum Gasteiger partial charge on any atom is -0.412 e. The molecular weight excluding hydrogens is 530 g/mol. The van der Waals surface area contributed by atoms with Crippen LogP contribution in [0.5, 0.6) is 0 Å². The molecule has 0 saturated heterocycles. The lowest BCUT2D eigenvalue weighted by Crippen LogP contribution is -2.45. The van der Waals surface area contributed by atoms with Crippen molar-refractivity contribution in [2.45, 2.75) is 12.3 Å². The van der Waals surface area contributed by atoms with Gasteiger partial charge < -0.3 is 10.8 Å². The Kier molecular flexibility index (Phi) is 7.06. The molecule has 10 nitrogen and oxygen atoms in total. The molecule has 12 heteroatoms. The molecule has 0 fully saturated rings. The molecule has 0 saturated carbocycles. The molecule has 0 bridgehead atoms. The summed E-state index contributed by atoms with van der Waals surface area (Å²) in [7, 11) is -4.21. The first-order valence-electron chi connectivity index (χ1n) is 11.0. The van der Waals surface area contributed by atoms with Crippen molar-refractivity contribution < 1.29 is 23.5 Å². The summed E-state index contributed by atoms with van der Waals surface area (Å²) in [4.78, 5) is 34.8. The number of aromatic nitrogens is 2. The normalized spacial score (nSPS) is 13.4. The van der Waals surface area contributed by atoms with Gasteiger partial charge in [0.05, 0.1) is 27.4 Å². The number of halogens is 1. The van der Waals surface area contributed by atoms with Crippen molar-refractivity contribution in [3.8, 4) is 12.3 Å². The molecule has 192 valence electrons. The van der Waals surface area contributed by atoms with Gasteiger partial charge >= 0.3 is 0 Å². The average Bonchev–Trinajstić information content (AvgIpc) is 3.14. The van der Waals surface area contributed by atoms with E-state index in [0.717, 1.165) is 4.90 Å². The number of imide groups is 1. The van der Waals surface area contributed by atoms with Gasteiger partial charge in [-0.05, 0) is 49.4 Å². The maximum absolute atomic E-state index is 13.2. The first kappa shape index (κ1) is 26.6. The van der Waals surface area contributed by atoms with E-state index in [9.17, 15) is 18.0 Å². The van der Waals surface area contributed by atoms with Gasteiger partial charge in [-0.25, -0.2) is 18.4 Å². The summed E-state index contributed by atoms with van der Waals surface area (Å²) < 4.78 is 28.9. The minimum atomic E-state index is -4.21. The van der Waals surface area contributed by atoms with Gasteiger partial charge in [-0.1, -0.05) is 35.7 Å². The van der Waals surface area contributed by atoms with Crippen LogP contribution in [0.25, 0.3) is 10.9 Å². The number of amides is 2. The van der Waals surface area contributed by atoms with Crippen LogP contribution in [0, 0.1) is 12.3 Å². The third-order valence-electron chi connectivity index (χ3n) is 5.94. The summed E-state index contributed by atoms with van der Waals surface area (Å²) in [5.41, 5.74) is 2.08. The zero-order valence-electron chi connectivity index (χ0n) is 19.8. The highest BCUT2D eigenvalue weighted by molar-refractivity contribution is 7.93. The molecular formula is C26H20ClN5O5S. The van der Waals surface area contributed by atoms with Gasteiger partial charge in [-0.2, -0.15) is 0 Å². The highest BCUT2D eigenvalue weighted by Gasteiger charge is 2.43. The zero-order valence-corrected chi connectivity index (χ0v) is 21.3. The lowest BCUT2D eigenvalue weighted by atomic mass is 10.1. The van der Waals surface area contributed by atoms with E-state index in [1.807, 2.05) is 0 Å². The Morgan fingerprint density at radius 3 is 2.34 bits per heavy atom. The standard InChI is InChI=1S/C26H18ClN5O4S.H2O/c1-3-16-7-6-10-22(23(16)27)30-24-20-13-17(11-12-21(20)28-14-29-24)31-37(35,36)15(2)32-25(33)18-8-4-5-9-19(18)26(32)34;/h1,4-15,31H,2H3,(H,28,29,30);1H2. The molecule has 1 aromatic heterocycles. The van der Waals surface area contributed by atoms with Crippen LogP contribution < -0.4 is 10.0 Å². The minimum absolute atomic E-state index is 0. The number of hydrogen-bond acceptors (Lipinski definition) is 7. The zero-order chi connectivity index (χ0) is 26.3. The fraction of sp³-hybridized carbons (Fsp3) is 0.0769. The largest absolute Gasteiger partial charge is 0.412 e. The summed E-state index contributed by atoms with van der Waals surface area (Å²) in [6, 6.07) is 16.1. The molecule has 2 heterocycles. The molecule has 2 amide bonds. The van der Waals surface area contributed by atoms with Crippen LogP contribution in [-0.2, 0) is 10.0 Å². The van der Waals surface area contributed by atoms with Gasteiger partial charge in [-0.3, -0.25) is 19.2 Å². The number of carbonyl (C=O) groups is 2. The predicted molar refractivity (Wildman–Crippen MR) is 145 cm³/mol.